The Kier molecular flexibility index (Phi) is 3.42. The molecular formula is C15H15BrN2O. The summed E-state index contributed by atoms with van der Waals surface area (Å²) in [6.07, 6.45) is 3.97. The summed E-state index contributed by atoms with van der Waals surface area (Å²) in [6, 6.07) is 8.27. The van der Waals surface area contributed by atoms with Crippen LogP contribution in [0.4, 0.5) is 11.5 Å². The average Bonchev–Trinajstić information content (AvgIpc) is 2.42. The fraction of sp³-hybridized carbons (Fsp3) is 0.267. The van der Waals surface area contributed by atoms with E-state index in [9.17, 15) is 0 Å². The molecule has 0 amide bonds. The van der Waals surface area contributed by atoms with E-state index in [2.05, 4.69) is 38.4 Å². The van der Waals surface area contributed by atoms with E-state index < -0.39 is 0 Å². The van der Waals surface area contributed by atoms with E-state index >= 15 is 0 Å². The van der Waals surface area contributed by atoms with Gasteiger partial charge in [-0.05, 0) is 71.1 Å². The Hall–Kier alpha value is -1.55. The minimum absolute atomic E-state index is 0.827. The minimum Gasteiger partial charge on any atom is -0.493 e. The summed E-state index contributed by atoms with van der Waals surface area (Å²) in [6.45, 7) is 2.87. The van der Waals surface area contributed by atoms with Crippen LogP contribution in [0.2, 0.25) is 0 Å². The number of benzene rings is 1. The molecule has 0 saturated heterocycles. The topological polar surface area (TPSA) is 34.2 Å². The molecule has 0 bridgehead atoms. The molecule has 19 heavy (non-hydrogen) atoms. The maximum Gasteiger partial charge on any atom is 0.133 e. The highest BCUT2D eigenvalue weighted by molar-refractivity contribution is 9.10. The van der Waals surface area contributed by atoms with Crippen LogP contribution in [0, 0.1) is 6.92 Å². The van der Waals surface area contributed by atoms with Gasteiger partial charge >= 0.3 is 0 Å². The molecule has 2 heterocycles. The molecule has 0 fully saturated rings. The van der Waals surface area contributed by atoms with Crippen LogP contribution in [-0.4, -0.2) is 11.6 Å². The van der Waals surface area contributed by atoms with Crippen LogP contribution in [0.25, 0.3) is 0 Å². The quantitative estimate of drug-likeness (QED) is 0.900. The van der Waals surface area contributed by atoms with E-state index in [-0.39, 0.29) is 0 Å². The predicted octanol–water partition coefficient (Wildman–Crippen LogP) is 4.22. The number of rotatable bonds is 2. The second kappa shape index (κ2) is 5.21. The Morgan fingerprint density at radius 2 is 2.21 bits per heavy atom. The molecule has 1 aliphatic rings. The van der Waals surface area contributed by atoms with Gasteiger partial charge in [-0.1, -0.05) is 0 Å². The molecule has 1 N–H and O–H groups in total. The Labute approximate surface area is 121 Å². The summed E-state index contributed by atoms with van der Waals surface area (Å²) in [5.41, 5.74) is 3.44. The summed E-state index contributed by atoms with van der Waals surface area (Å²) >= 11 is 3.42. The fourth-order valence-corrected chi connectivity index (χ4v) is 2.69. The van der Waals surface area contributed by atoms with Crippen molar-refractivity contribution in [3.8, 4) is 5.75 Å². The lowest BCUT2D eigenvalue weighted by molar-refractivity contribution is 0.288. The predicted molar refractivity (Wildman–Crippen MR) is 80.2 cm³/mol. The summed E-state index contributed by atoms with van der Waals surface area (Å²) in [4.78, 5) is 4.40. The van der Waals surface area contributed by atoms with Crippen LogP contribution in [0.5, 0.6) is 5.75 Å². The van der Waals surface area contributed by atoms with Crippen molar-refractivity contribution >= 4 is 27.4 Å². The van der Waals surface area contributed by atoms with Crippen LogP contribution in [0.3, 0.4) is 0 Å². The lowest BCUT2D eigenvalue weighted by Crippen LogP contribution is -2.08. The molecule has 3 nitrogen and oxygen atoms in total. The number of nitrogens with one attached hydrogen (secondary N) is 1. The number of hydrogen-bond acceptors (Lipinski definition) is 3. The molecule has 4 heteroatoms. The number of ether oxygens (including phenoxy) is 1. The molecule has 0 aliphatic carbocycles. The van der Waals surface area contributed by atoms with E-state index in [1.807, 2.05) is 19.1 Å². The maximum absolute atomic E-state index is 5.62. The second-order valence-electron chi connectivity index (χ2n) is 4.72. The van der Waals surface area contributed by atoms with Gasteiger partial charge in [0, 0.05) is 16.4 Å². The molecule has 1 aromatic heterocycles. The molecule has 98 valence electrons. The van der Waals surface area contributed by atoms with Gasteiger partial charge in [0.1, 0.15) is 11.6 Å². The SMILES string of the molecule is Cc1cc(Br)cnc1Nc1ccc2c(c1)CCCO2. The third kappa shape index (κ3) is 2.73. The van der Waals surface area contributed by atoms with Gasteiger partial charge in [0.25, 0.3) is 0 Å². The van der Waals surface area contributed by atoms with Gasteiger partial charge in [-0.15, -0.1) is 0 Å². The van der Waals surface area contributed by atoms with Crippen LogP contribution < -0.4 is 10.1 Å². The lowest BCUT2D eigenvalue weighted by atomic mass is 10.1. The zero-order valence-electron chi connectivity index (χ0n) is 10.7. The molecule has 0 radical (unpaired) electrons. The smallest absolute Gasteiger partial charge is 0.133 e. The molecule has 0 unspecified atom stereocenters. The largest absolute Gasteiger partial charge is 0.493 e. The van der Waals surface area contributed by atoms with Gasteiger partial charge < -0.3 is 10.1 Å². The first kappa shape index (κ1) is 12.5. The molecule has 0 spiro atoms. The number of aryl methyl sites for hydroxylation is 2. The molecular weight excluding hydrogens is 304 g/mol. The first-order valence-electron chi connectivity index (χ1n) is 6.37. The first-order chi connectivity index (χ1) is 9.22. The Morgan fingerprint density at radius 3 is 3.05 bits per heavy atom. The number of halogens is 1. The van der Waals surface area contributed by atoms with E-state index in [0.29, 0.717) is 0 Å². The van der Waals surface area contributed by atoms with Crippen molar-refractivity contribution in [3.05, 3.63) is 46.1 Å². The van der Waals surface area contributed by atoms with Crippen molar-refractivity contribution in [2.24, 2.45) is 0 Å². The van der Waals surface area contributed by atoms with Crippen LogP contribution in [0.15, 0.2) is 34.9 Å². The number of nitrogens with zero attached hydrogens (tertiary/aromatic N) is 1. The lowest BCUT2D eigenvalue weighted by Gasteiger charge is -2.18. The number of anilines is 2. The van der Waals surface area contributed by atoms with Crippen molar-refractivity contribution in [2.45, 2.75) is 19.8 Å². The van der Waals surface area contributed by atoms with E-state index in [1.54, 1.807) is 6.20 Å². The molecule has 0 atom stereocenters. The Balaban J connectivity index is 1.87. The normalized spacial score (nSPS) is 13.6. The highest BCUT2D eigenvalue weighted by Crippen LogP contribution is 2.29. The van der Waals surface area contributed by atoms with Crippen molar-refractivity contribution in [1.29, 1.82) is 0 Å². The van der Waals surface area contributed by atoms with E-state index in [0.717, 1.165) is 46.7 Å². The second-order valence-corrected chi connectivity index (χ2v) is 5.63. The monoisotopic (exact) mass is 318 g/mol. The van der Waals surface area contributed by atoms with Gasteiger partial charge in [-0.3, -0.25) is 0 Å². The van der Waals surface area contributed by atoms with E-state index in [1.165, 1.54) is 5.56 Å². The van der Waals surface area contributed by atoms with Gasteiger partial charge in [0.05, 0.1) is 6.61 Å². The summed E-state index contributed by atoms with van der Waals surface area (Å²) in [7, 11) is 0. The molecule has 0 saturated carbocycles. The van der Waals surface area contributed by atoms with Crippen molar-refractivity contribution in [2.75, 3.05) is 11.9 Å². The zero-order valence-corrected chi connectivity index (χ0v) is 12.3. The molecule has 1 aromatic carbocycles. The van der Waals surface area contributed by atoms with Crippen molar-refractivity contribution in [1.82, 2.24) is 4.98 Å². The number of pyridine rings is 1. The molecule has 3 rings (SSSR count). The molecule has 2 aromatic rings. The third-order valence-corrected chi connectivity index (χ3v) is 3.65. The van der Waals surface area contributed by atoms with Crippen LogP contribution in [0.1, 0.15) is 17.5 Å². The van der Waals surface area contributed by atoms with Gasteiger partial charge in [-0.25, -0.2) is 4.98 Å². The van der Waals surface area contributed by atoms with Gasteiger partial charge in [0.15, 0.2) is 0 Å². The number of hydrogen-bond donors (Lipinski definition) is 1. The van der Waals surface area contributed by atoms with E-state index in [4.69, 9.17) is 4.74 Å². The zero-order chi connectivity index (χ0) is 13.2. The Morgan fingerprint density at radius 1 is 1.32 bits per heavy atom. The van der Waals surface area contributed by atoms with Crippen LogP contribution in [-0.2, 0) is 6.42 Å². The van der Waals surface area contributed by atoms with Gasteiger partial charge in [0.2, 0.25) is 0 Å². The average molecular weight is 319 g/mol. The Bertz CT molecular complexity index is 613. The standard InChI is InChI=1S/C15H15BrN2O/c1-10-7-12(16)9-17-15(10)18-13-4-5-14-11(8-13)3-2-6-19-14/h4-5,7-9H,2-3,6H2,1H3,(H,17,18). The highest BCUT2D eigenvalue weighted by atomic mass is 79.9. The van der Waals surface area contributed by atoms with Crippen molar-refractivity contribution < 1.29 is 4.74 Å². The highest BCUT2D eigenvalue weighted by Gasteiger charge is 2.11. The van der Waals surface area contributed by atoms with Crippen LogP contribution >= 0.6 is 15.9 Å². The minimum atomic E-state index is 0.827. The summed E-state index contributed by atoms with van der Waals surface area (Å²) in [5.74, 6) is 1.90. The van der Waals surface area contributed by atoms with Crippen molar-refractivity contribution in [3.63, 3.8) is 0 Å². The maximum atomic E-state index is 5.62. The number of fused-ring (bicyclic) bond motifs is 1. The fourth-order valence-electron chi connectivity index (χ4n) is 2.25. The first-order valence-corrected chi connectivity index (χ1v) is 7.16. The molecule has 1 aliphatic heterocycles. The number of aromatic nitrogens is 1. The summed E-state index contributed by atoms with van der Waals surface area (Å²) < 4.78 is 6.61. The summed E-state index contributed by atoms with van der Waals surface area (Å²) in [5, 5.41) is 3.36. The van der Waals surface area contributed by atoms with Gasteiger partial charge in [-0.2, -0.15) is 0 Å². The third-order valence-electron chi connectivity index (χ3n) is 3.22.